The molecule has 1 aliphatic rings. The van der Waals surface area contributed by atoms with Crippen molar-refractivity contribution in [1.29, 1.82) is 0 Å². The molecule has 0 unspecified atom stereocenters. The molecule has 1 aromatic heterocycles. The van der Waals surface area contributed by atoms with Crippen LogP contribution in [0.2, 0.25) is 0 Å². The summed E-state index contributed by atoms with van der Waals surface area (Å²) in [6, 6.07) is 8.13. The summed E-state index contributed by atoms with van der Waals surface area (Å²) in [4.78, 5) is 19.4. The number of aromatic nitrogens is 1. The number of hydrogen-bond donors (Lipinski definition) is 2. The molecule has 0 aliphatic carbocycles. The molecule has 1 amide bonds. The second kappa shape index (κ2) is 5.09. The Morgan fingerprint density at radius 3 is 2.55 bits per heavy atom. The highest BCUT2D eigenvalue weighted by Gasteiger charge is 2.64. The molecule has 2 N–H and O–H groups in total. The SMILES string of the molecule is O=C1NC(c2ccccc2)=N[C@@]1(Nc1nccs1)C(F)(F)F. The van der Waals surface area contributed by atoms with E-state index in [0.29, 0.717) is 5.56 Å². The van der Waals surface area contributed by atoms with Crippen molar-refractivity contribution in [3.8, 4) is 0 Å². The predicted octanol–water partition coefficient (Wildman–Crippen LogP) is 2.39. The van der Waals surface area contributed by atoms with Gasteiger partial charge in [0.25, 0.3) is 5.91 Å². The van der Waals surface area contributed by atoms with Gasteiger partial charge in [0, 0.05) is 17.1 Å². The number of alkyl halides is 3. The quantitative estimate of drug-likeness (QED) is 0.910. The molecule has 0 spiro atoms. The molecule has 2 heterocycles. The van der Waals surface area contributed by atoms with Gasteiger partial charge in [0.15, 0.2) is 5.13 Å². The molecule has 2 aromatic rings. The van der Waals surface area contributed by atoms with E-state index in [2.05, 4.69) is 20.6 Å². The lowest BCUT2D eigenvalue weighted by Crippen LogP contribution is -2.57. The average Bonchev–Trinajstić information content (AvgIpc) is 3.09. The number of nitrogens with one attached hydrogen (secondary N) is 2. The minimum Gasteiger partial charge on any atom is -0.322 e. The minimum absolute atomic E-state index is 0.0365. The standard InChI is InChI=1S/C13H9F3N4OS/c14-13(15,16)12(20-11-17-6-7-22-11)10(21)18-9(19-12)8-4-2-1-3-5-8/h1-7H,(H,17,20)(H,18,19,21)/t12-/m0/s1. The maximum absolute atomic E-state index is 13.5. The van der Waals surface area contributed by atoms with E-state index < -0.39 is 17.7 Å². The summed E-state index contributed by atoms with van der Waals surface area (Å²) in [6.45, 7) is 0. The number of aliphatic imine (C=N–C) groups is 1. The minimum atomic E-state index is -4.92. The van der Waals surface area contributed by atoms with Crippen molar-refractivity contribution in [2.24, 2.45) is 4.99 Å². The number of benzene rings is 1. The first kappa shape index (κ1) is 14.5. The van der Waals surface area contributed by atoms with Gasteiger partial charge < -0.3 is 10.6 Å². The van der Waals surface area contributed by atoms with E-state index in [-0.39, 0.29) is 11.0 Å². The summed E-state index contributed by atoms with van der Waals surface area (Å²) >= 11 is 0.952. The molecule has 0 bridgehead atoms. The van der Waals surface area contributed by atoms with E-state index >= 15 is 0 Å². The maximum atomic E-state index is 13.5. The number of amidine groups is 1. The summed E-state index contributed by atoms with van der Waals surface area (Å²) in [5.74, 6) is -1.42. The number of hydrogen-bond acceptors (Lipinski definition) is 5. The fourth-order valence-electron chi connectivity index (χ4n) is 1.96. The zero-order chi connectivity index (χ0) is 15.8. The van der Waals surface area contributed by atoms with Gasteiger partial charge in [0.05, 0.1) is 0 Å². The van der Waals surface area contributed by atoms with E-state index in [9.17, 15) is 18.0 Å². The lowest BCUT2D eigenvalue weighted by atomic mass is 10.1. The first-order chi connectivity index (χ1) is 10.4. The second-order valence-electron chi connectivity index (χ2n) is 4.45. The van der Waals surface area contributed by atoms with Crippen molar-refractivity contribution in [2.45, 2.75) is 11.8 Å². The highest BCUT2D eigenvalue weighted by Crippen LogP contribution is 2.38. The third kappa shape index (κ3) is 2.33. The van der Waals surface area contributed by atoms with Gasteiger partial charge in [0.1, 0.15) is 5.84 Å². The Kier molecular flexibility index (Phi) is 3.36. The Morgan fingerprint density at radius 1 is 1.23 bits per heavy atom. The maximum Gasteiger partial charge on any atom is 0.442 e. The number of rotatable bonds is 3. The molecule has 0 saturated carbocycles. The van der Waals surface area contributed by atoms with Crippen LogP contribution >= 0.6 is 11.3 Å². The van der Waals surface area contributed by atoms with Crippen molar-refractivity contribution in [3.05, 3.63) is 47.5 Å². The molecule has 0 radical (unpaired) electrons. The zero-order valence-electron chi connectivity index (χ0n) is 10.9. The van der Waals surface area contributed by atoms with Crippen LogP contribution in [0.15, 0.2) is 46.9 Å². The van der Waals surface area contributed by atoms with Crippen LogP contribution in [0.25, 0.3) is 0 Å². The Hall–Kier alpha value is -2.42. The molecule has 9 heteroatoms. The van der Waals surface area contributed by atoms with E-state index in [1.807, 2.05) is 0 Å². The molecule has 1 atom stereocenters. The number of amides is 1. The molecule has 114 valence electrons. The van der Waals surface area contributed by atoms with Gasteiger partial charge in [-0.05, 0) is 0 Å². The third-order valence-corrected chi connectivity index (χ3v) is 3.71. The van der Waals surface area contributed by atoms with E-state index in [0.717, 1.165) is 11.3 Å². The molecule has 0 fully saturated rings. The molecular formula is C13H9F3N4OS. The summed E-state index contributed by atoms with van der Waals surface area (Å²) < 4.78 is 40.5. The van der Waals surface area contributed by atoms with Crippen molar-refractivity contribution >= 4 is 28.2 Å². The van der Waals surface area contributed by atoms with Crippen LogP contribution in [0.5, 0.6) is 0 Å². The molecular weight excluding hydrogens is 317 g/mol. The smallest absolute Gasteiger partial charge is 0.322 e. The van der Waals surface area contributed by atoms with Gasteiger partial charge in [-0.15, -0.1) is 11.3 Å². The fourth-order valence-corrected chi connectivity index (χ4v) is 2.54. The first-order valence-corrected chi connectivity index (χ1v) is 7.01. The van der Waals surface area contributed by atoms with E-state index in [1.54, 1.807) is 30.3 Å². The second-order valence-corrected chi connectivity index (χ2v) is 5.35. The lowest BCUT2D eigenvalue weighted by molar-refractivity contribution is -0.181. The predicted molar refractivity (Wildman–Crippen MR) is 75.6 cm³/mol. The Bertz CT molecular complexity index is 715. The van der Waals surface area contributed by atoms with Crippen molar-refractivity contribution in [2.75, 3.05) is 5.32 Å². The van der Waals surface area contributed by atoms with Crippen molar-refractivity contribution < 1.29 is 18.0 Å². The molecule has 5 nitrogen and oxygen atoms in total. The normalized spacial score (nSPS) is 21.4. The third-order valence-electron chi connectivity index (χ3n) is 3.02. The molecule has 3 rings (SSSR count). The van der Waals surface area contributed by atoms with Crippen LogP contribution in [0.4, 0.5) is 18.3 Å². The molecule has 1 aromatic carbocycles. The highest BCUT2D eigenvalue weighted by molar-refractivity contribution is 7.13. The number of carbonyl (C=O) groups excluding carboxylic acids is 1. The van der Waals surface area contributed by atoms with Crippen LogP contribution in [-0.4, -0.2) is 28.6 Å². The highest BCUT2D eigenvalue weighted by atomic mass is 32.1. The van der Waals surface area contributed by atoms with Gasteiger partial charge in [-0.2, -0.15) is 13.2 Å². The first-order valence-electron chi connectivity index (χ1n) is 6.13. The van der Waals surface area contributed by atoms with Gasteiger partial charge in [-0.3, -0.25) is 4.79 Å². The van der Waals surface area contributed by atoms with E-state index in [1.165, 1.54) is 11.6 Å². The lowest BCUT2D eigenvalue weighted by Gasteiger charge is -2.26. The van der Waals surface area contributed by atoms with Gasteiger partial charge in [-0.25, -0.2) is 9.98 Å². The molecule has 22 heavy (non-hydrogen) atoms. The Morgan fingerprint density at radius 2 is 1.95 bits per heavy atom. The number of nitrogens with zero attached hydrogens (tertiary/aromatic N) is 2. The zero-order valence-corrected chi connectivity index (χ0v) is 11.7. The largest absolute Gasteiger partial charge is 0.442 e. The summed E-state index contributed by atoms with van der Waals surface area (Å²) in [6.07, 6.45) is -3.58. The molecule has 1 aliphatic heterocycles. The van der Waals surface area contributed by atoms with Crippen LogP contribution in [-0.2, 0) is 4.79 Å². The van der Waals surface area contributed by atoms with Gasteiger partial charge in [-0.1, -0.05) is 30.3 Å². The fraction of sp³-hybridized carbons (Fsp3) is 0.154. The topological polar surface area (TPSA) is 66.4 Å². The van der Waals surface area contributed by atoms with Crippen molar-refractivity contribution in [1.82, 2.24) is 10.3 Å². The summed E-state index contributed by atoms with van der Waals surface area (Å²) in [5, 5.41) is 5.76. The van der Waals surface area contributed by atoms with Crippen LogP contribution in [0.1, 0.15) is 5.56 Å². The Balaban J connectivity index is 2.06. The number of halogens is 3. The Labute approximate surface area is 126 Å². The van der Waals surface area contributed by atoms with Crippen LogP contribution in [0.3, 0.4) is 0 Å². The van der Waals surface area contributed by atoms with Crippen LogP contribution < -0.4 is 10.6 Å². The van der Waals surface area contributed by atoms with Gasteiger partial charge in [0.2, 0.25) is 0 Å². The monoisotopic (exact) mass is 326 g/mol. The molecule has 0 saturated heterocycles. The number of carbonyl (C=O) groups is 1. The number of thiazole rings is 1. The number of anilines is 1. The average molecular weight is 326 g/mol. The van der Waals surface area contributed by atoms with E-state index in [4.69, 9.17) is 0 Å². The summed E-state index contributed by atoms with van der Waals surface area (Å²) in [5.41, 5.74) is -2.68. The van der Waals surface area contributed by atoms with Crippen molar-refractivity contribution in [3.63, 3.8) is 0 Å². The summed E-state index contributed by atoms with van der Waals surface area (Å²) in [7, 11) is 0. The van der Waals surface area contributed by atoms with Gasteiger partial charge >= 0.3 is 11.8 Å². The van der Waals surface area contributed by atoms with Crippen LogP contribution in [0, 0.1) is 0 Å².